The zero-order valence-electron chi connectivity index (χ0n) is 18.3. The Labute approximate surface area is 179 Å². The van der Waals surface area contributed by atoms with Crippen LogP contribution in [0.5, 0.6) is 0 Å². The summed E-state index contributed by atoms with van der Waals surface area (Å²) in [5, 5.41) is 23.8. The van der Waals surface area contributed by atoms with E-state index in [1.54, 1.807) is 6.08 Å². The number of aryl methyl sites for hydroxylation is 1. The van der Waals surface area contributed by atoms with E-state index in [-0.39, 0.29) is 18.4 Å². The summed E-state index contributed by atoms with van der Waals surface area (Å²) in [6, 6.07) is 4.22. The van der Waals surface area contributed by atoms with Crippen LogP contribution in [0.15, 0.2) is 35.9 Å². The van der Waals surface area contributed by atoms with E-state index < -0.39 is 18.0 Å². The summed E-state index contributed by atoms with van der Waals surface area (Å²) in [7, 11) is 0. The predicted octanol–water partition coefficient (Wildman–Crippen LogP) is 4.24. The summed E-state index contributed by atoms with van der Waals surface area (Å²) < 4.78 is 6.47. The van der Waals surface area contributed by atoms with Crippen molar-refractivity contribution in [2.45, 2.75) is 65.3 Å². The van der Waals surface area contributed by atoms with Crippen molar-refractivity contribution in [3.63, 3.8) is 0 Å². The van der Waals surface area contributed by atoms with Gasteiger partial charge in [0.25, 0.3) is 0 Å². The van der Waals surface area contributed by atoms with Crippen LogP contribution in [0.25, 0.3) is 11.8 Å². The molecule has 1 aromatic carbocycles. The van der Waals surface area contributed by atoms with Gasteiger partial charge in [-0.3, -0.25) is 4.79 Å². The van der Waals surface area contributed by atoms with E-state index in [0.717, 1.165) is 47.5 Å². The lowest BCUT2D eigenvalue weighted by atomic mass is 9.95. The number of carbonyl (C=O) groups excluding carboxylic acids is 1. The van der Waals surface area contributed by atoms with E-state index >= 15 is 0 Å². The number of aliphatic hydroxyl groups is 2. The van der Waals surface area contributed by atoms with Gasteiger partial charge >= 0.3 is 0 Å². The molecule has 4 atom stereocenters. The SMILES string of the molecule is CCNc1cc(C)c2c(c1)/C=C/C[C@H](O)[C@H](O)C(=O)/C=C\[C@@H](C)[C@H](C)OC2=C1CC1. The van der Waals surface area contributed by atoms with Crippen LogP contribution in [-0.2, 0) is 9.53 Å². The Morgan fingerprint density at radius 2 is 1.90 bits per heavy atom. The lowest BCUT2D eigenvalue weighted by Crippen LogP contribution is -2.32. The van der Waals surface area contributed by atoms with E-state index in [2.05, 4.69) is 31.3 Å². The number of ether oxygens (including phenoxy) is 1. The van der Waals surface area contributed by atoms with Crippen molar-refractivity contribution in [3.05, 3.63) is 52.6 Å². The zero-order chi connectivity index (χ0) is 21.8. The topological polar surface area (TPSA) is 78.8 Å². The van der Waals surface area contributed by atoms with Crippen molar-refractivity contribution in [1.82, 2.24) is 0 Å². The Morgan fingerprint density at radius 1 is 1.17 bits per heavy atom. The molecule has 1 saturated carbocycles. The highest BCUT2D eigenvalue weighted by Gasteiger charge is 2.27. The molecule has 0 amide bonds. The molecule has 1 heterocycles. The predicted molar refractivity (Wildman–Crippen MR) is 121 cm³/mol. The second kappa shape index (κ2) is 9.63. The van der Waals surface area contributed by atoms with Gasteiger partial charge in [0.1, 0.15) is 18.0 Å². The average molecular weight is 412 g/mol. The van der Waals surface area contributed by atoms with E-state index in [1.165, 1.54) is 11.6 Å². The van der Waals surface area contributed by atoms with Crippen LogP contribution in [0, 0.1) is 12.8 Å². The van der Waals surface area contributed by atoms with Crippen LogP contribution in [0.2, 0.25) is 0 Å². The standard InChI is InChI=1S/C25H33NO4/c1-5-26-20-13-16(3)23-19(14-20)7-6-8-21(27)24(29)22(28)12-9-15(2)17(4)30-25(23)18-10-11-18/h6-7,9,12-15,17,21,24,26-27,29H,5,8,10-11H2,1-4H3/b7-6+,12-9-/t15-,17+,21+,24+/m1/s1. The van der Waals surface area contributed by atoms with Gasteiger partial charge < -0.3 is 20.3 Å². The molecule has 2 aliphatic rings. The Balaban J connectivity index is 2.10. The lowest BCUT2D eigenvalue weighted by molar-refractivity contribution is -0.127. The first-order chi connectivity index (χ1) is 14.3. The van der Waals surface area contributed by atoms with Gasteiger partial charge in [0, 0.05) is 23.7 Å². The van der Waals surface area contributed by atoms with Gasteiger partial charge in [-0.1, -0.05) is 25.2 Å². The monoisotopic (exact) mass is 411 g/mol. The molecule has 1 aliphatic heterocycles. The van der Waals surface area contributed by atoms with Crippen molar-refractivity contribution in [2.24, 2.45) is 5.92 Å². The highest BCUT2D eigenvalue weighted by molar-refractivity contribution is 5.93. The first-order valence-electron chi connectivity index (χ1n) is 10.8. The van der Waals surface area contributed by atoms with E-state index in [9.17, 15) is 15.0 Å². The van der Waals surface area contributed by atoms with Gasteiger partial charge in [0.15, 0.2) is 5.78 Å². The number of aliphatic hydroxyl groups excluding tert-OH is 2. The molecule has 0 spiro atoms. The smallest absolute Gasteiger partial charge is 0.186 e. The van der Waals surface area contributed by atoms with Gasteiger partial charge in [0.05, 0.1) is 6.10 Å². The van der Waals surface area contributed by atoms with Gasteiger partial charge in [-0.15, -0.1) is 0 Å². The third-order valence-corrected chi connectivity index (χ3v) is 5.73. The largest absolute Gasteiger partial charge is 0.490 e. The summed E-state index contributed by atoms with van der Waals surface area (Å²) in [6.07, 6.45) is 6.40. The summed E-state index contributed by atoms with van der Waals surface area (Å²) in [5.41, 5.74) is 5.54. The molecule has 5 nitrogen and oxygen atoms in total. The van der Waals surface area contributed by atoms with Crippen molar-refractivity contribution in [3.8, 4) is 0 Å². The van der Waals surface area contributed by atoms with E-state index in [0.29, 0.717) is 0 Å². The first-order valence-corrected chi connectivity index (χ1v) is 10.8. The Bertz CT molecular complexity index is 877. The number of carbonyl (C=O) groups is 1. The molecule has 0 unspecified atom stereocenters. The lowest BCUT2D eigenvalue weighted by Gasteiger charge is -2.24. The van der Waals surface area contributed by atoms with Crippen LogP contribution >= 0.6 is 0 Å². The van der Waals surface area contributed by atoms with Crippen LogP contribution in [-0.4, -0.2) is 40.9 Å². The number of nitrogens with one attached hydrogen (secondary N) is 1. The molecule has 0 aromatic heterocycles. The molecular formula is C25H33NO4. The third-order valence-electron chi connectivity index (χ3n) is 5.73. The molecule has 1 fully saturated rings. The van der Waals surface area contributed by atoms with Crippen LogP contribution in [0.4, 0.5) is 5.69 Å². The average Bonchev–Trinajstić information content (AvgIpc) is 3.54. The molecule has 30 heavy (non-hydrogen) atoms. The van der Waals surface area contributed by atoms with Crippen LogP contribution < -0.4 is 5.32 Å². The zero-order valence-corrected chi connectivity index (χ0v) is 18.3. The number of hydrogen-bond donors (Lipinski definition) is 3. The molecule has 5 heteroatoms. The Hall–Kier alpha value is -2.37. The summed E-state index contributed by atoms with van der Waals surface area (Å²) >= 11 is 0. The van der Waals surface area contributed by atoms with Crippen molar-refractivity contribution < 1.29 is 19.7 Å². The normalized spacial score (nSPS) is 29.5. The maximum absolute atomic E-state index is 12.2. The summed E-state index contributed by atoms with van der Waals surface area (Å²) in [5.74, 6) is 0.418. The fourth-order valence-electron chi connectivity index (χ4n) is 3.62. The van der Waals surface area contributed by atoms with Crippen LogP contribution in [0.3, 0.4) is 0 Å². The minimum atomic E-state index is -1.43. The Morgan fingerprint density at radius 3 is 2.57 bits per heavy atom. The second-order valence-corrected chi connectivity index (χ2v) is 8.31. The highest BCUT2D eigenvalue weighted by Crippen LogP contribution is 2.41. The Kier molecular flexibility index (Phi) is 7.16. The van der Waals surface area contributed by atoms with Gasteiger partial charge in [-0.05, 0) is 74.9 Å². The van der Waals surface area contributed by atoms with Crippen molar-refractivity contribution in [1.29, 1.82) is 0 Å². The van der Waals surface area contributed by atoms with E-state index in [4.69, 9.17) is 4.74 Å². The third kappa shape index (κ3) is 5.21. The van der Waals surface area contributed by atoms with Gasteiger partial charge in [-0.25, -0.2) is 0 Å². The number of ketones is 1. The molecule has 1 aromatic rings. The number of fused-ring (bicyclic) bond motifs is 1. The molecule has 3 N–H and O–H groups in total. The number of allylic oxidation sites excluding steroid dienone is 1. The molecule has 1 aliphatic carbocycles. The maximum atomic E-state index is 12.2. The summed E-state index contributed by atoms with van der Waals surface area (Å²) in [4.78, 5) is 12.2. The summed E-state index contributed by atoms with van der Waals surface area (Å²) in [6.45, 7) is 8.95. The molecular weight excluding hydrogens is 378 g/mol. The molecule has 0 radical (unpaired) electrons. The fourth-order valence-corrected chi connectivity index (χ4v) is 3.62. The van der Waals surface area contributed by atoms with Gasteiger partial charge in [-0.2, -0.15) is 0 Å². The molecule has 3 rings (SSSR count). The quantitative estimate of drug-likeness (QED) is 0.679. The minimum absolute atomic E-state index is 0.0316. The molecule has 0 bridgehead atoms. The van der Waals surface area contributed by atoms with E-state index in [1.807, 2.05) is 26.0 Å². The van der Waals surface area contributed by atoms with Crippen molar-refractivity contribution >= 4 is 23.3 Å². The number of hydrogen-bond acceptors (Lipinski definition) is 5. The fraction of sp³-hybridized carbons (Fsp3) is 0.480. The molecule has 162 valence electrons. The first kappa shape index (κ1) is 22.3. The van der Waals surface area contributed by atoms with Crippen molar-refractivity contribution in [2.75, 3.05) is 11.9 Å². The highest BCUT2D eigenvalue weighted by atomic mass is 16.5. The molecule has 0 saturated heterocycles. The second-order valence-electron chi connectivity index (χ2n) is 8.31. The number of anilines is 1. The maximum Gasteiger partial charge on any atom is 0.186 e. The van der Waals surface area contributed by atoms with Crippen LogP contribution in [0.1, 0.15) is 56.7 Å². The number of benzene rings is 1. The minimum Gasteiger partial charge on any atom is -0.490 e. The number of rotatable bonds is 2. The van der Waals surface area contributed by atoms with Gasteiger partial charge in [0.2, 0.25) is 0 Å².